The quantitative estimate of drug-likeness (QED) is 0.0261. The summed E-state index contributed by atoms with van der Waals surface area (Å²) in [4.78, 5) is 38.3. The number of unbranched alkanes of at least 4 members (excludes halogenated alkanes) is 33. The van der Waals surface area contributed by atoms with E-state index < -0.39 is 6.10 Å². The van der Waals surface area contributed by atoms with Crippen molar-refractivity contribution in [2.45, 2.75) is 329 Å². The van der Waals surface area contributed by atoms with Gasteiger partial charge in [0, 0.05) is 19.3 Å². The van der Waals surface area contributed by atoms with E-state index in [0.717, 1.165) is 109 Å². The molecule has 1 atom stereocenters. The molecule has 0 aromatic heterocycles. The van der Waals surface area contributed by atoms with Gasteiger partial charge in [0.2, 0.25) is 0 Å². The molecule has 0 aliphatic carbocycles. The number of ether oxygens (including phenoxy) is 3. The molecule has 0 N–H and O–H groups in total. The van der Waals surface area contributed by atoms with E-state index in [0.29, 0.717) is 19.3 Å². The Morgan fingerprint density at radius 3 is 0.795 bits per heavy atom. The highest BCUT2D eigenvalue weighted by molar-refractivity contribution is 5.71. The van der Waals surface area contributed by atoms with Crippen molar-refractivity contribution < 1.29 is 28.6 Å². The van der Waals surface area contributed by atoms with Crippen molar-refractivity contribution in [2.24, 2.45) is 0 Å². The summed E-state index contributed by atoms with van der Waals surface area (Å²) >= 11 is 0. The van der Waals surface area contributed by atoms with E-state index in [1.165, 1.54) is 173 Å². The molecule has 0 fully saturated rings. The number of esters is 3. The molecule has 0 spiro atoms. The van der Waals surface area contributed by atoms with Crippen LogP contribution in [0.25, 0.3) is 0 Å². The lowest BCUT2D eigenvalue weighted by atomic mass is 10.0. The first-order valence-corrected chi connectivity index (χ1v) is 33.2. The first-order valence-electron chi connectivity index (χ1n) is 33.2. The third-order valence-corrected chi connectivity index (χ3v) is 14.3. The third kappa shape index (κ3) is 63.2. The van der Waals surface area contributed by atoms with Crippen molar-refractivity contribution in [1.82, 2.24) is 0 Å². The first-order chi connectivity index (χ1) is 38.5. The Bertz CT molecular complexity index is 1530. The van der Waals surface area contributed by atoms with E-state index >= 15 is 0 Å². The monoisotopic (exact) mass is 1080 g/mol. The smallest absolute Gasteiger partial charge is 0.306 e. The van der Waals surface area contributed by atoms with Crippen LogP contribution in [0.4, 0.5) is 0 Å². The molecule has 0 rings (SSSR count). The second-order valence-electron chi connectivity index (χ2n) is 22.0. The highest BCUT2D eigenvalue weighted by Gasteiger charge is 2.19. The Morgan fingerprint density at radius 1 is 0.269 bits per heavy atom. The van der Waals surface area contributed by atoms with Crippen molar-refractivity contribution in [3.8, 4) is 0 Å². The SMILES string of the molecule is CC/C=C\C/C=C\C/C=C\C/C=C\C/C=C\C/C=C\CCCCCCCCCCCCC(=O)OCC(COC(=O)CCCCCCCCCCCCCCC)OC(=O)CCCCCCCCC/C=C\C/C=C\CCCCCC. The number of carbonyl (C=O) groups is 3. The molecule has 0 aliphatic heterocycles. The second-order valence-corrected chi connectivity index (χ2v) is 22.0. The van der Waals surface area contributed by atoms with Gasteiger partial charge < -0.3 is 14.2 Å². The number of allylic oxidation sites excluding steroid dienone is 16. The molecule has 448 valence electrons. The lowest BCUT2D eigenvalue weighted by molar-refractivity contribution is -0.167. The normalized spacial score (nSPS) is 12.7. The standard InChI is InChI=1S/C72H124O6/c1-4-7-10-13-16-19-22-25-27-29-31-32-33-34-35-36-37-38-39-40-41-43-44-47-50-53-56-59-62-65-71(74)77-68-69(67-76-70(73)64-61-58-55-52-49-46-24-21-18-15-12-9-6-3)78-72(75)66-63-60-57-54-51-48-45-42-30-28-26-23-20-17-14-11-8-5-2/h7,10,16,19-20,23,25,27-28,30-32,34-35,37-38,69H,4-6,8-9,11-15,17-18,21-22,24,26,29,33,36,39-68H2,1-3H3/b10-7-,19-16-,23-20-,27-25-,30-28-,32-31-,35-34-,38-37-. The molecule has 1 unspecified atom stereocenters. The van der Waals surface area contributed by atoms with Gasteiger partial charge in [-0.1, -0.05) is 298 Å². The van der Waals surface area contributed by atoms with Crippen molar-refractivity contribution in [1.29, 1.82) is 0 Å². The van der Waals surface area contributed by atoms with E-state index in [2.05, 4.69) is 118 Å². The van der Waals surface area contributed by atoms with Crippen LogP contribution in [0.1, 0.15) is 323 Å². The fourth-order valence-corrected chi connectivity index (χ4v) is 9.36. The molecule has 0 amide bonds. The van der Waals surface area contributed by atoms with Gasteiger partial charge >= 0.3 is 17.9 Å². The Labute approximate surface area is 483 Å². The van der Waals surface area contributed by atoms with Gasteiger partial charge in [0.1, 0.15) is 13.2 Å². The maximum Gasteiger partial charge on any atom is 0.306 e. The molecular formula is C72H124O6. The summed E-state index contributed by atoms with van der Waals surface area (Å²) in [5, 5.41) is 0. The third-order valence-electron chi connectivity index (χ3n) is 14.3. The van der Waals surface area contributed by atoms with E-state index in [1.807, 2.05) is 0 Å². The van der Waals surface area contributed by atoms with Crippen LogP contribution in [0, 0.1) is 0 Å². The second kappa shape index (κ2) is 65.8. The minimum atomic E-state index is -0.783. The van der Waals surface area contributed by atoms with Crippen LogP contribution in [0.3, 0.4) is 0 Å². The van der Waals surface area contributed by atoms with Gasteiger partial charge in [-0.3, -0.25) is 14.4 Å². The van der Waals surface area contributed by atoms with Crippen molar-refractivity contribution in [3.05, 3.63) is 97.2 Å². The lowest BCUT2D eigenvalue weighted by Gasteiger charge is -2.18. The van der Waals surface area contributed by atoms with Gasteiger partial charge in [-0.25, -0.2) is 0 Å². The summed E-state index contributed by atoms with van der Waals surface area (Å²) in [5.41, 5.74) is 0. The number of carbonyl (C=O) groups excluding carboxylic acids is 3. The van der Waals surface area contributed by atoms with E-state index in [-0.39, 0.29) is 31.1 Å². The summed E-state index contributed by atoms with van der Waals surface area (Å²) in [6, 6.07) is 0. The van der Waals surface area contributed by atoms with Crippen LogP contribution >= 0.6 is 0 Å². The molecule has 6 heteroatoms. The largest absolute Gasteiger partial charge is 0.462 e. The van der Waals surface area contributed by atoms with Crippen LogP contribution < -0.4 is 0 Å². The fraction of sp³-hybridized carbons (Fsp3) is 0.736. The maximum atomic E-state index is 12.9. The lowest BCUT2D eigenvalue weighted by Crippen LogP contribution is -2.30. The molecule has 0 aromatic carbocycles. The number of rotatable bonds is 60. The van der Waals surface area contributed by atoms with Crippen LogP contribution in [0.2, 0.25) is 0 Å². The molecule has 0 aliphatic rings. The number of hydrogen-bond acceptors (Lipinski definition) is 6. The van der Waals surface area contributed by atoms with Gasteiger partial charge in [-0.2, -0.15) is 0 Å². The molecule has 0 saturated carbocycles. The van der Waals surface area contributed by atoms with Crippen LogP contribution in [-0.2, 0) is 28.6 Å². The zero-order valence-electron chi connectivity index (χ0n) is 51.4. The minimum Gasteiger partial charge on any atom is -0.462 e. The van der Waals surface area contributed by atoms with Gasteiger partial charge in [-0.15, -0.1) is 0 Å². The zero-order chi connectivity index (χ0) is 56.4. The van der Waals surface area contributed by atoms with Gasteiger partial charge in [0.25, 0.3) is 0 Å². The minimum absolute atomic E-state index is 0.0786. The molecule has 0 bridgehead atoms. The molecule has 0 saturated heterocycles. The van der Waals surface area contributed by atoms with Crippen LogP contribution in [0.5, 0.6) is 0 Å². The average molecular weight is 1090 g/mol. The Kier molecular flexibility index (Phi) is 62.7. The van der Waals surface area contributed by atoms with Crippen molar-refractivity contribution in [2.75, 3.05) is 13.2 Å². The predicted octanol–water partition coefficient (Wildman–Crippen LogP) is 22.8. The maximum absolute atomic E-state index is 12.9. The summed E-state index contributed by atoms with van der Waals surface area (Å²) in [5.74, 6) is -0.878. The molecular weight excluding hydrogens is 961 g/mol. The van der Waals surface area contributed by atoms with E-state index in [4.69, 9.17) is 14.2 Å². The highest BCUT2D eigenvalue weighted by Crippen LogP contribution is 2.16. The van der Waals surface area contributed by atoms with Crippen LogP contribution in [-0.4, -0.2) is 37.2 Å². The summed E-state index contributed by atoms with van der Waals surface area (Å²) in [6.07, 6.45) is 88.4. The molecule has 6 nitrogen and oxygen atoms in total. The Balaban J connectivity index is 4.29. The highest BCUT2D eigenvalue weighted by atomic mass is 16.6. The van der Waals surface area contributed by atoms with Crippen molar-refractivity contribution in [3.63, 3.8) is 0 Å². The molecule has 0 heterocycles. The summed E-state index contributed by atoms with van der Waals surface area (Å²) in [7, 11) is 0. The molecule has 0 radical (unpaired) electrons. The van der Waals surface area contributed by atoms with E-state index in [1.54, 1.807) is 0 Å². The fourth-order valence-electron chi connectivity index (χ4n) is 9.36. The Morgan fingerprint density at radius 2 is 0.500 bits per heavy atom. The predicted molar refractivity (Wildman–Crippen MR) is 339 cm³/mol. The zero-order valence-corrected chi connectivity index (χ0v) is 51.4. The molecule has 78 heavy (non-hydrogen) atoms. The van der Waals surface area contributed by atoms with Gasteiger partial charge in [0.05, 0.1) is 0 Å². The van der Waals surface area contributed by atoms with Crippen LogP contribution in [0.15, 0.2) is 97.2 Å². The topological polar surface area (TPSA) is 78.9 Å². The number of hydrogen-bond donors (Lipinski definition) is 0. The van der Waals surface area contributed by atoms with Gasteiger partial charge in [-0.05, 0) is 103 Å². The van der Waals surface area contributed by atoms with Gasteiger partial charge in [0.15, 0.2) is 6.10 Å². The van der Waals surface area contributed by atoms with Crippen molar-refractivity contribution >= 4 is 17.9 Å². The Hall–Kier alpha value is -3.67. The van der Waals surface area contributed by atoms with E-state index in [9.17, 15) is 14.4 Å². The summed E-state index contributed by atoms with van der Waals surface area (Å²) in [6.45, 7) is 6.53. The summed E-state index contributed by atoms with van der Waals surface area (Å²) < 4.78 is 16.9. The first kappa shape index (κ1) is 74.3. The average Bonchev–Trinajstić information content (AvgIpc) is 3.44. The molecule has 0 aromatic rings.